The molecule has 1 aliphatic carbocycles. The lowest BCUT2D eigenvalue weighted by atomic mass is 9.76. The second-order valence-corrected chi connectivity index (χ2v) is 11.3. The molecule has 3 aromatic rings. The number of fused-ring (bicyclic) bond motifs is 1. The number of amides is 1. The number of ether oxygens (including phenoxy) is 2. The minimum atomic E-state index is -2.77. The number of nitrogens with zero attached hydrogens (tertiary/aromatic N) is 1. The first-order chi connectivity index (χ1) is 17.9. The molecule has 1 N–H and O–H groups in total. The van der Waals surface area contributed by atoms with Crippen LogP contribution < -0.4 is 14.4 Å². The normalized spacial score (nSPS) is 16.8. The van der Waals surface area contributed by atoms with Gasteiger partial charge in [0.05, 0.1) is 13.2 Å². The van der Waals surface area contributed by atoms with Crippen molar-refractivity contribution in [1.29, 1.82) is 0 Å². The van der Waals surface area contributed by atoms with Gasteiger partial charge in [-0.15, -0.1) is 11.3 Å². The first kappa shape index (κ1) is 27.6. The number of alkyl carbamates (subject to hydrolysis) is 1. The molecule has 2 atom stereocenters. The number of carbonyl (C=O) groups is 1. The summed E-state index contributed by atoms with van der Waals surface area (Å²) in [6.45, 7) is 2.45. The van der Waals surface area contributed by atoms with E-state index in [4.69, 9.17) is 32.7 Å². The van der Waals surface area contributed by atoms with E-state index in [2.05, 4.69) is 5.32 Å². The fourth-order valence-corrected chi connectivity index (χ4v) is 6.54. The van der Waals surface area contributed by atoms with E-state index in [-0.39, 0.29) is 31.7 Å². The molecular formula is C26H28Cl2N2O5S2. The summed E-state index contributed by atoms with van der Waals surface area (Å²) in [7, 11) is -2.77. The highest BCUT2D eigenvalue weighted by atomic mass is 35.5. The molecule has 0 aliphatic heterocycles. The molecule has 0 fully saturated rings. The Morgan fingerprint density at radius 1 is 1.19 bits per heavy atom. The first-order valence-electron chi connectivity index (χ1n) is 11.9. The van der Waals surface area contributed by atoms with Crippen molar-refractivity contribution in [3.63, 3.8) is 0 Å². The first-order valence-corrected chi connectivity index (χ1v) is 14.7. The van der Waals surface area contributed by atoms with Crippen LogP contribution in [0.3, 0.4) is 0 Å². The third-order valence-corrected chi connectivity index (χ3v) is 8.71. The molecule has 1 amide bonds. The molecule has 4 rings (SSSR count). The number of halogens is 2. The molecule has 0 bridgehead atoms. The predicted octanol–water partition coefficient (Wildman–Crippen LogP) is 5.85. The monoisotopic (exact) mass is 582 g/mol. The molecule has 11 heteroatoms. The quantitative estimate of drug-likeness (QED) is 0.293. The molecule has 0 saturated heterocycles. The standard InChI is InChI=1S/C26H28Cl2N2O5S2/c1-2-34-26(31)29-24-10-7-17-6-9-20(35-12-11-30(37(32)33)25-4-3-13-36-25)16-21(17)22(24)14-18-5-8-19(27)15-23(18)28/h3-6,8-9,13,15-16,22,24,37H,2,7,10-12,14H2,1H3,(H,29,31). The van der Waals surface area contributed by atoms with E-state index < -0.39 is 17.0 Å². The van der Waals surface area contributed by atoms with E-state index >= 15 is 0 Å². The highest BCUT2D eigenvalue weighted by Gasteiger charge is 2.32. The number of rotatable bonds is 10. The Kier molecular flexibility index (Phi) is 9.59. The molecule has 0 spiro atoms. The summed E-state index contributed by atoms with van der Waals surface area (Å²) in [4.78, 5) is 12.3. The summed E-state index contributed by atoms with van der Waals surface area (Å²) in [6, 6.07) is 14.8. The van der Waals surface area contributed by atoms with E-state index in [0.29, 0.717) is 27.2 Å². The number of carbonyl (C=O) groups excluding carboxylic acids is 1. The lowest BCUT2D eigenvalue weighted by Gasteiger charge is -2.34. The minimum Gasteiger partial charge on any atom is -0.492 e. The van der Waals surface area contributed by atoms with Crippen LogP contribution in [-0.2, 0) is 28.5 Å². The molecule has 37 heavy (non-hydrogen) atoms. The molecule has 1 aromatic heterocycles. The van der Waals surface area contributed by atoms with Crippen LogP contribution in [0.25, 0.3) is 0 Å². The van der Waals surface area contributed by atoms with Gasteiger partial charge in [0, 0.05) is 22.0 Å². The van der Waals surface area contributed by atoms with E-state index in [9.17, 15) is 13.2 Å². The summed E-state index contributed by atoms with van der Waals surface area (Å²) < 4.78 is 35.9. The molecular weight excluding hydrogens is 555 g/mol. The van der Waals surface area contributed by atoms with E-state index in [1.165, 1.54) is 21.2 Å². The van der Waals surface area contributed by atoms with Gasteiger partial charge in [0.15, 0.2) is 0 Å². The van der Waals surface area contributed by atoms with Gasteiger partial charge in [-0.1, -0.05) is 35.3 Å². The number of thiol groups is 1. The molecule has 1 aliphatic rings. The van der Waals surface area contributed by atoms with Crippen molar-refractivity contribution < 1.29 is 22.7 Å². The summed E-state index contributed by atoms with van der Waals surface area (Å²) in [6.07, 6.45) is 1.69. The Morgan fingerprint density at radius 3 is 2.73 bits per heavy atom. The van der Waals surface area contributed by atoms with Gasteiger partial charge in [0.1, 0.15) is 17.4 Å². The van der Waals surface area contributed by atoms with Gasteiger partial charge in [-0.2, -0.15) is 0 Å². The molecule has 0 radical (unpaired) electrons. The largest absolute Gasteiger partial charge is 0.492 e. The van der Waals surface area contributed by atoms with Crippen LogP contribution in [-0.4, -0.2) is 40.3 Å². The average Bonchev–Trinajstić information content (AvgIpc) is 3.39. The second kappa shape index (κ2) is 12.9. The molecule has 2 unspecified atom stereocenters. The number of anilines is 1. The third-order valence-electron chi connectivity index (χ3n) is 6.29. The average molecular weight is 584 g/mol. The maximum absolute atomic E-state index is 12.3. The van der Waals surface area contributed by atoms with Gasteiger partial charge in [0.2, 0.25) is 10.9 Å². The van der Waals surface area contributed by atoms with Crippen molar-refractivity contribution in [2.45, 2.75) is 38.1 Å². The van der Waals surface area contributed by atoms with E-state index in [1.807, 2.05) is 35.7 Å². The number of nitrogens with one attached hydrogen (secondary N) is 1. The van der Waals surface area contributed by atoms with Crippen molar-refractivity contribution in [3.8, 4) is 5.75 Å². The fourth-order valence-electron chi connectivity index (χ4n) is 4.58. The van der Waals surface area contributed by atoms with Gasteiger partial charge in [-0.25, -0.2) is 13.2 Å². The van der Waals surface area contributed by atoms with Crippen LogP contribution in [0.1, 0.15) is 36.0 Å². The summed E-state index contributed by atoms with van der Waals surface area (Å²) in [5.41, 5.74) is 3.16. The zero-order chi connectivity index (χ0) is 26.4. The highest BCUT2D eigenvalue weighted by Crippen LogP contribution is 2.38. The maximum atomic E-state index is 12.3. The van der Waals surface area contributed by atoms with Gasteiger partial charge in [-0.05, 0) is 84.7 Å². The van der Waals surface area contributed by atoms with Crippen LogP contribution in [0.15, 0.2) is 53.9 Å². The Morgan fingerprint density at radius 2 is 2.03 bits per heavy atom. The van der Waals surface area contributed by atoms with E-state index in [1.54, 1.807) is 25.1 Å². The Balaban J connectivity index is 1.55. The third kappa shape index (κ3) is 7.10. The fraction of sp³-hybridized carbons (Fsp3) is 0.346. The summed E-state index contributed by atoms with van der Waals surface area (Å²) in [5, 5.41) is 6.64. The van der Waals surface area contributed by atoms with Gasteiger partial charge in [0.25, 0.3) is 0 Å². The van der Waals surface area contributed by atoms with Gasteiger partial charge < -0.3 is 14.8 Å². The SMILES string of the molecule is CCOC(=O)NC1CCc2ccc(OCCN(c3cccs3)[SH](=O)=O)cc2C1Cc1ccc(Cl)cc1Cl. The number of thiophene rings is 1. The van der Waals surface area contributed by atoms with Crippen molar-refractivity contribution >= 4 is 56.5 Å². The number of hydrogen-bond donors (Lipinski definition) is 2. The number of benzene rings is 2. The van der Waals surface area contributed by atoms with Crippen molar-refractivity contribution in [2.24, 2.45) is 0 Å². The molecule has 0 saturated carbocycles. The topological polar surface area (TPSA) is 84.9 Å². The van der Waals surface area contributed by atoms with Crippen LogP contribution in [0.4, 0.5) is 9.80 Å². The van der Waals surface area contributed by atoms with Crippen LogP contribution in [0.2, 0.25) is 10.0 Å². The van der Waals surface area contributed by atoms with Crippen LogP contribution in [0.5, 0.6) is 5.75 Å². The minimum absolute atomic E-state index is 0.0749. The Labute approximate surface area is 232 Å². The number of hydrogen-bond acceptors (Lipinski definition) is 6. The lowest BCUT2D eigenvalue weighted by molar-refractivity contribution is 0.144. The Hall–Kier alpha value is -2.46. The zero-order valence-electron chi connectivity index (χ0n) is 20.2. The smallest absolute Gasteiger partial charge is 0.407 e. The predicted molar refractivity (Wildman–Crippen MR) is 149 cm³/mol. The number of aryl methyl sites for hydroxylation is 1. The summed E-state index contributed by atoms with van der Waals surface area (Å²) in [5.74, 6) is 0.559. The molecule has 1 heterocycles. The summed E-state index contributed by atoms with van der Waals surface area (Å²) >= 11 is 14.0. The maximum Gasteiger partial charge on any atom is 0.407 e. The van der Waals surface area contributed by atoms with Crippen molar-refractivity contribution in [2.75, 3.05) is 24.1 Å². The van der Waals surface area contributed by atoms with E-state index in [0.717, 1.165) is 24.0 Å². The van der Waals surface area contributed by atoms with Gasteiger partial charge in [-0.3, -0.25) is 4.31 Å². The van der Waals surface area contributed by atoms with Gasteiger partial charge >= 0.3 is 6.09 Å². The Bertz CT molecular complexity index is 1290. The highest BCUT2D eigenvalue weighted by molar-refractivity contribution is 7.74. The van der Waals surface area contributed by atoms with Crippen molar-refractivity contribution in [3.05, 3.63) is 80.6 Å². The van der Waals surface area contributed by atoms with Crippen LogP contribution in [0, 0.1) is 0 Å². The second-order valence-electron chi connectivity index (χ2n) is 8.58. The molecule has 2 aromatic carbocycles. The zero-order valence-corrected chi connectivity index (χ0v) is 23.4. The van der Waals surface area contributed by atoms with Crippen molar-refractivity contribution in [1.82, 2.24) is 5.32 Å². The molecule has 198 valence electrons. The van der Waals surface area contributed by atoms with Crippen LogP contribution >= 0.6 is 34.5 Å². The molecule has 7 nitrogen and oxygen atoms in total. The lowest BCUT2D eigenvalue weighted by Crippen LogP contribution is -2.43.